The van der Waals surface area contributed by atoms with Gasteiger partial charge in [0, 0.05) is 10.0 Å². The van der Waals surface area contributed by atoms with Crippen LogP contribution < -0.4 is 4.74 Å². The number of halogens is 3. The molecule has 0 saturated carbocycles. The van der Waals surface area contributed by atoms with Crippen molar-refractivity contribution in [3.05, 3.63) is 67.9 Å². The molecule has 0 radical (unpaired) electrons. The molecule has 0 fully saturated rings. The van der Waals surface area contributed by atoms with Crippen molar-refractivity contribution in [1.82, 2.24) is 0 Å². The third-order valence-electron chi connectivity index (χ3n) is 3.48. The molecule has 0 amide bonds. The molecule has 0 bridgehead atoms. The summed E-state index contributed by atoms with van der Waals surface area (Å²) in [5, 5.41) is 3.67. The molecule has 128 valence electrons. The van der Waals surface area contributed by atoms with Gasteiger partial charge in [0.15, 0.2) is 0 Å². The predicted octanol–water partition coefficient (Wildman–Crippen LogP) is 5.25. The van der Waals surface area contributed by atoms with Gasteiger partial charge >= 0.3 is 5.97 Å². The van der Waals surface area contributed by atoms with E-state index in [1.165, 1.54) is 12.1 Å². The van der Waals surface area contributed by atoms with Crippen LogP contribution in [0.5, 0.6) is 5.75 Å². The first kappa shape index (κ1) is 17.8. The van der Waals surface area contributed by atoms with Crippen molar-refractivity contribution in [2.75, 3.05) is 0 Å². The second-order valence-electron chi connectivity index (χ2n) is 5.34. The minimum absolute atomic E-state index is 0.186. The number of hydrogen-bond acceptors (Lipinski definition) is 4. The van der Waals surface area contributed by atoms with Gasteiger partial charge in [-0.1, -0.05) is 33.2 Å². The van der Waals surface area contributed by atoms with Gasteiger partial charge in [0.25, 0.3) is 0 Å². The highest BCUT2D eigenvalue weighted by molar-refractivity contribution is 9.11. The number of benzene rings is 2. The molecule has 3 rings (SSSR count). The topological polar surface area (TPSA) is 47.9 Å². The Hall–Kier alpha value is -1.99. The Labute approximate surface area is 160 Å². The number of nitrogens with zero attached hydrogens (tertiary/aromatic N) is 1. The van der Waals surface area contributed by atoms with E-state index in [9.17, 15) is 9.18 Å². The van der Waals surface area contributed by atoms with Gasteiger partial charge < -0.3 is 9.57 Å². The van der Waals surface area contributed by atoms with Crippen LogP contribution in [0.1, 0.15) is 18.1 Å². The maximum absolute atomic E-state index is 13.3. The summed E-state index contributed by atoms with van der Waals surface area (Å²) in [4.78, 5) is 16.4. The summed E-state index contributed by atoms with van der Waals surface area (Å²) in [5.74, 6) is -0.295. The average molecular weight is 469 g/mol. The Morgan fingerprint density at radius 3 is 2.76 bits per heavy atom. The molecule has 0 atom stereocenters. The van der Waals surface area contributed by atoms with Crippen LogP contribution in [0.25, 0.3) is 6.08 Å². The Kier molecular flexibility index (Phi) is 5.34. The summed E-state index contributed by atoms with van der Waals surface area (Å²) in [7, 11) is 0. The molecule has 7 heteroatoms. The Bertz CT molecular complexity index is 909. The minimum Gasteiger partial charge on any atom is -0.487 e. The van der Waals surface area contributed by atoms with Crippen molar-refractivity contribution in [3.63, 3.8) is 0 Å². The number of hydrogen-bond donors (Lipinski definition) is 0. The summed E-state index contributed by atoms with van der Waals surface area (Å²) in [6.07, 6.45) is 1.66. The summed E-state index contributed by atoms with van der Waals surface area (Å²) in [5.41, 5.74) is 2.23. The van der Waals surface area contributed by atoms with Crippen LogP contribution in [0.4, 0.5) is 4.39 Å². The lowest BCUT2D eigenvalue weighted by atomic mass is 10.1. The second kappa shape index (κ2) is 7.49. The first-order valence-corrected chi connectivity index (χ1v) is 8.87. The van der Waals surface area contributed by atoms with E-state index in [0.29, 0.717) is 32.6 Å². The molecular weight excluding hydrogens is 457 g/mol. The van der Waals surface area contributed by atoms with Gasteiger partial charge in [-0.3, -0.25) is 0 Å². The summed E-state index contributed by atoms with van der Waals surface area (Å²) >= 11 is 6.88. The minimum atomic E-state index is -0.510. The van der Waals surface area contributed by atoms with E-state index in [2.05, 4.69) is 41.9 Å². The van der Waals surface area contributed by atoms with E-state index in [1.54, 1.807) is 25.1 Å². The maximum atomic E-state index is 13.3. The lowest BCUT2D eigenvalue weighted by Crippen LogP contribution is -2.03. The van der Waals surface area contributed by atoms with Gasteiger partial charge in [-0.05, 0) is 58.8 Å². The fraction of sp³-hybridized carbons (Fsp3) is 0.111. The van der Waals surface area contributed by atoms with E-state index >= 15 is 0 Å². The van der Waals surface area contributed by atoms with Crippen LogP contribution in [-0.4, -0.2) is 11.7 Å². The second-order valence-corrected chi connectivity index (χ2v) is 7.11. The van der Waals surface area contributed by atoms with E-state index in [4.69, 9.17) is 4.74 Å². The number of ether oxygens (including phenoxy) is 1. The maximum Gasteiger partial charge on any atom is 0.367 e. The monoisotopic (exact) mass is 467 g/mol. The molecule has 1 aliphatic rings. The van der Waals surface area contributed by atoms with Gasteiger partial charge in [-0.25, -0.2) is 9.18 Å². The largest absolute Gasteiger partial charge is 0.487 e. The zero-order valence-corrected chi connectivity index (χ0v) is 16.2. The molecule has 0 saturated heterocycles. The van der Waals surface area contributed by atoms with Crippen molar-refractivity contribution in [3.8, 4) is 5.75 Å². The number of carbonyl (C=O) groups excluding carboxylic acids is 1. The van der Waals surface area contributed by atoms with Crippen LogP contribution in [0.3, 0.4) is 0 Å². The average Bonchev–Trinajstić information content (AvgIpc) is 2.86. The normalized spacial score (nSPS) is 15.3. The molecule has 1 aliphatic heterocycles. The Morgan fingerprint density at radius 1 is 1.28 bits per heavy atom. The summed E-state index contributed by atoms with van der Waals surface area (Å²) < 4.78 is 20.7. The van der Waals surface area contributed by atoms with Gasteiger partial charge in [0.2, 0.25) is 0 Å². The van der Waals surface area contributed by atoms with Gasteiger partial charge in [-0.2, -0.15) is 0 Å². The van der Waals surface area contributed by atoms with E-state index < -0.39 is 5.97 Å². The molecule has 0 aliphatic carbocycles. The highest BCUT2D eigenvalue weighted by Gasteiger charge is 2.23. The Morgan fingerprint density at radius 2 is 2.08 bits per heavy atom. The summed E-state index contributed by atoms with van der Waals surface area (Å²) in [6.45, 7) is 1.88. The Balaban J connectivity index is 1.94. The molecule has 4 nitrogen and oxygen atoms in total. The van der Waals surface area contributed by atoms with E-state index in [1.807, 2.05) is 12.1 Å². The molecule has 0 aromatic heterocycles. The van der Waals surface area contributed by atoms with Crippen molar-refractivity contribution in [2.24, 2.45) is 5.16 Å². The van der Waals surface area contributed by atoms with Gasteiger partial charge in [0.05, 0.1) is 15.8 Å². The van der Waals surface area contributed by atoms with Crippen LogP contribution in [0.15, 0.2) is 56.1 Å². The number of rotatable bonds is 4. The van der Waals surface area contributed by atoms with Gasteiger partial charge in [-0.15, -0.1) is 0 Å². The molecule has 1 heterocycles. The number of oxime groups is 1. The molecule has 2 aromatic rings. The first-order valence-electron chi connectivity index (χ1n) is 7.28. The fourth-order valence-electron chi connectivity index (χ4n) is 2.30. The standard InChI is InChI=1S/C18H12Br2FNO3/c1-10-15(18(23)25-22-10)7-12-6-13(19)8-16(20)17(12)24-9-11-3-2-4-14(21)5-11/h2-8H,9H2,1H3/b15-7-. The summed E-state index contributed by atoms with van der Waals surface area (Å²) in [6, 6.07) is 9.84. The molecule has 0 N–H and O–H groups in total. The predicted molar refractivity (Wildman–Crippen MR) is 99.8 cm³/mol. The molecule has 25 heavy (non-hydrogen) atoms. The third-order valence-corrected chi connectivity index (χ3v) is 4.53. The van der Waals surface area contributed by atoms with Crippen molar-refractivity contribution >= 4 is 49.6 Å². The highest BCUT2D eigenvalue weighted by atomic mass is 79.9. The lowest BCUT2D eigenvalue weighted by Gasteiger charge is -2.13. The third kappa shape index (κ3) is 4.16. The van der Waals surface area contributed by atoms with Crippen LogP contribution in [-0.2, 0) is 16.2 Å². The van der Waals surface area contributed by atoms with E-state index in [-0.39, 0.29) is 12.4 Å². The highest BCUT2D eigenvalue weighted by Crippen LogP contribution is 2.35. The smallest absolute Gasteiger partial charge is 0.367 e. The molecular formula is C18H12Br2FNO3. The zero-order valence-electron chi connectivity index (χ0n) is 13.1. The van der Waals surface area contributed by atoms with Crippen LogP contribution >= 0.6 is 31.9 Å². The number of carbonyl (C=O) groups is 1. The lowest BCUT2D eigenvalue weighted by molar-refractivity contribution is -0.136. The van der Waals surface area contributed by atoms with Crippen molar-refractivity contribution in [2.45, 2.75) is 13.5 Å². The van der Waals surface area contributed by atoms with Crippen LogP contribution in [0.2, 0.25) is 0 Å². The van der Waals surface area contributed by atoms with Crippen molar-refractivity contribution < 1.29 is 18.8 Å². The molecule has 0 unspecified atom stereocenters. The molecule has 0 spiro atoms. The fourth-order valence-corrected chi connectivity index (χ4v) is 3.67. The molecule has 2 aromatic carbocycles. The first-order chi connectivity index (χ1) is 11.9. The van der Waals surface area contributed by atoms with Crippen LogP contribution in [0, 0.1) is 5.82 Å². The van der Waals surface area contributed by atoms with Gasteiger partial charge in [0.1, 0.15) is 18.2 Å². The SMILES string of the molecule is CC1=NOC(=O)/C1=C\c1cc(Br)cc(Br)c1OCc1cccc(F)c1. The van der Waals surface area contributed by atoms with E-state index in [0.717, 1.165) is 4.47 Å². The van der Waals surface area contributed by atoms with Crippen molar-refractivity contribution in [1.29, 1.82) is 0 Å². The quantitative estimate of drug-likeness (QED) is 0.455. The zero-order chi connectivity index (χ0) is 18.0.